The highest BCUT2D eigenvalue weighted by molar-refractivity contribution is 9.10. The molecule has 0 bridgehead atoms. The minimum atomic E-state index is -0.322. The van der Waals surface area contributed by atoms with Crippen molar-refractivity contribution in [3.8, 4) is 11.5 Å². The molecule has 0 saturated heterocycles. The Balaban J connectivity index is 1.93. The second-order valence-corrected chi connectivity index (χ2v) is 5.88. The molecule has 0 saturated carbocycles. The van der Waals surface area contributed by atoms with Gasteiger partial charge in [-0.05, 0) is 39.7 Å². The molecule has 1 aliphatic rings. The van der Waals surface area contributed by atoms with E-state index >= 15 is 0 Å². The van der Waals surface area contributed by atoms with Crippen LogP contribution >= 0.6 is 15.9 Å². The van der Waals surface area contributed by atoms with Crippen molar-refractivity contribution in [3.05, 3.63) is 57.8 Å². The van der Waals surface area contributed by atoms with Crippen LogP contribution in [0, 0.1) is 5.82 Å². The van der Waals surface area contributed by atoms with E-state index in [4.69, 9.17) is 15.2 Å². The monoisotopic (exact) mass is 351 g/mol. The molecule has 1 heterocycles. The van der Waals surface area contributed by atoms with Crippen molar-refractivity contribution in [2.75, 3.05) is 7.11 Å². The highest BCUT2D eigenvalue weighted by Gasteiger charge is 2.27. The van der Waals surface area contributed by atoms with E-state index in [-0.39, 0.29) is 18.0 Å². The van der Waals surface area contributed by atoms with Gasteiger partial charge >= 0.3 is 0 Å². The first-order valence-corrected chi connectivity index (χ1v) is 7.43. The van der Waals surface area contributed by atoms with Gasteiger partial charge < -0.3 is 15.2 Å². The lowest BCUT2D eigenvalue weighted by Crippen LogP contribution is -2.24. The molecule has 1 unspecified atom stereocenters. The van der Waals surface area contributed by atoms with Crippen molar-refractivity contribution >= 4 is 15.9 Å². The number of rotatable bonds is 2. The van der Waals surface area contributed by atoms with Crippen LogP contribution in [0.15, 0.2) is 40.9 Å². The lowest BCUT2D eigenvalue weighted by Gasteiger charge is -2.30. The Hall–Kier alpha value is -1.59. The number of halogens is 2. The van der Waals surface area contributed by atoms with E-state index in [1.165, 1.54) is 12.1 Å². The van der Waals surface area contributed by atoms with Crippen LogP contribution in [0.25, 0.3) is 0 Å². The van der Waals surface area contributed by atoms with E-state index < -0.39 is 0 Å². The van der Waals surface area contributed by atoms with Crippen LogP contribution in [0.3, 0.4) is 0 Å². The normalized spacial score (nSPS) is 20.6. The fourth-order valence-corrected chi connectivity index (χ4v) is 3.12. The quantitative estimate of drug-likeness (QED) is 0.884. The summed E-state index contributed by atoms with van der Waals surface area (Å²) in [4.78, 5) is 0. The van der Waals surface area contributed by atoms with Crippen LogP contribution in [0.1, 0.15) is 29.7 Å². The Kier molecular flexibility index (Phi) is 3.87. The van der Waals surface area contributed by atoms with Crippen molar-refractivity contribution in [3.63, 3.8) is 0 Å². The van der Waals surface area contributed by atoms with Gasteiger partial charge in [0, 0.05) is 24.1 Å². The van der Waals surface area contributed by atoms with E-state index in [2.05, 4.69) is 15.9 Å². The maximum atomic E-state index is 13.4. The second kappa shape index (κ2) is 5.66. The standard InChI is InChI=1S/C16H15BrFNO2/c1-20-14-5-2-9(6-12(14)17)15-8-13(19)11-4-3-10(18)7-16(11)21-15/h2-7,13,15H,8,19H2,1H3/t13-,15?/m0/s1. The fourth-order valence-electron chi connectivity index (χ4n) is 2.56. The molecule has 0 fully saturated rings. The third-order valence-electron chi connectivity index (χ3n) is 3.66. The number of methoxy groups -OCH3 is 1. The molecule has 0 aliphatic carbocycles. The van der Waals surface area contributed by atoms with Crippen LogP contribution in [0.4, 0.5) is 4.39 Å². The number of ether oxygens (including phenoxy) is 2. The summed E-state index contributed by atoms with van der Waals surface area (Å²) in [6.45, 7) is 0. The van der Waals surface area contributed by atoms with Gasteiger partial charge in [0.15, 0.2) is 0 Å². The van der Waals surface area contributed by atoms with Crippen molar-refractivity contribution in [2.45, 2.75) is 18.6 Å². The number of fused-ring (bicyclic) bond motifs is 1. The fraction of sp³-hybridized carbons (Fsp3) is 0.250. The molecule has 0 amide bonds. The van der Waals surface area contributed by atoms with Crippen LogP contribution in [0.5, 0.6) is 11.5 Å². The van der Waals surface area contributed by atoms with Crippen LogP contribution < -0.4 is 15.2 Å². The summed E-state index contributed by atoms with van der Waals surface area (Å²) in [5.74, 6) is 0.952. The summed E-state index contributed by atoms with van der Waals surface area (Å²) in [5, 5.41) is 0. The molecular formula is C16H15BrFNO2. The number of nitrogens with two attached hydrogens (primary N) is 1. The molecule has 110 valence electrons. The molecule has 2 N–H and O–H groups in total. The highest BCUT2D eigenvalue weighted by atomic mass is 79.9. The van der Waals surface area contributed by atoms with Crippen molar-refractivity contribution in [1.29, 1.82) is 0 Å². The zero-order valence-electron chi connectivity index (χ0n) is 11.5. The predicted octanol–water partition coefficient (Wildman–Crippen LogP) is 4.12. The van der Waals surface area contributed by atoms with Crippen molar-refractivity contribution in [2.24, 2.45) is 5.73 Å². The molecule has 21 heavy (non-hydrogen) atoms. The van der Waals surface area contributed by atoms with Crippen molar-refractivity contribution < 1.29 is 13.9 Å². The Morgan fingerprint density at radius 2 is 2.10 bits per heavy atom. The van der Waals surface area contributed by atoms with Gasteiger partial charge in [-0.1, -0.05) is 12.1 Å². The third-order valence-corrected chi connectivity index (χ3v) is 4.28. The molecule has 2 aromatic rings. The molecule has 0 radical (unpaired) electrons. The molecule has 2 atom stereocenters. The van der Waals surface area contributed by atoms with Crippen LogP contribution in [-0.2, 0) is 0 Å². The van der Waals surface area contributed by atoms with Gasteiger partial charge in [-0.15, -0.1) is 0 Å². The summed E-state index contributed by atoms with van der Waals surface area (Å²) >= 11 is 3.46. The van der Waals surface area contributed by atoms with Crippen molar-refractivity contribution in [1.82, 2.24) is 0 Å². The maximum Gasteiger partial charge on any atom is 0.133 e. The summed E-state index contributed by atoms with van der Waals surface area (Å²) in [7, 11) is 1.62. The summed E-state index contributed by atoms with van der Waals surface area (Å²) < 4.78 is 25.4. The van der Waals surface area contributed by atoms with Gasteiger partial charge in [0.25, 0.3) is 0 Å². The molecule has 5 heteroatoms. The highest BCUT2D eigenvalue weighted by Crippen LogP contribution is 2.41. The topological polar surface area (TPSA) is 44.5 Å². The number of hydrogen-bond acceptors (Lipinski definition) is 3. The molecule has 0 aromatic heterocycles. The zero-order chi connectivity index (χ0) is 15.0. The minimum Gasteiger partial charge on any atom is -0.496 e. The summed E-state index contributed by atoms with van der Waals surface area (Å²) in [6, 6.07) is 10.1. The molecular weight excluding hydrogens is 337 g/mol. The Bertz CT molecular complexity index is 677. The predicted molar refractivity (Wildman–Crippen MR) is 82.0 cm³/mol. The first kappa shape index (κ1) is 14.4. The Morgan fingerprint density at radius 1 is 1.29 bits per heavy atom. The SMILES string of the molecule is COc1ccc(C2C[C@H](N)c3ccc(F)cc3O2)cc1Br. The first-order chi connectivity index (χ1) is 10.1. The van der Waals surface area contributed by atoms with E-state index in [1.807, 2.05) is 18.2 Å². The number of hydrogen-bond donors (Lipinski definition) is 1. The van der Waals surface area contributed by atoms with Gasteiger partial charge in [-0.2, -0.15) is 0 Å². The van der Waals surface area contributed by atoms with E-state index in [0.717, 1.165) is 21.3 Å². The first-order valence-electron chi connectivity index (χ1n) is 6.63. The second-order valence-electron chi connectivity index (χ2n) is 5.02. The molecule has 3 rings (SSSR count). The van der Waals surface area contributed by atoms with Gasteiger partial charge in [-0.3, -0.25) is 0 Å². The van der Waals surface area contributed by atoms with E-state index in [1.54, 1.807) is 13.2 Å². The molecule has 3 nitrogen and oxygen atoms in total. The van der Waals surface area contributed by atoms with Gasteiger partial charge in [0.2, 0.25) is 0 Å². The van der Waals surface area contributed by atoms with Gasteiger partial charge in [-0.25, -0.2) is 4.39 Å². The molecule has 2 aromatic carbocycles. The summed E-state index contributed by atoms with van der Waals surface area (Å²) in [5.41, 5.74) is 8.01. The Morgan fingerprint density at radius 3 is 2.81 bits per heavy atom. The molecule has 1 aliphatic heterocycles. The zero-order valence-corrected chi connectivity index (χ0v) is 13.1. The average molecular weight is 352 g/mol. The maximum absolute atomic E-state index is 13.4. The summed E-state index contributed by atoms with van der Waals surface area (Å²) in [6.07, 6.45) is 0.453. The van der Waals surface area contributed by atoms with Crippen LogP contribution in [0.2, 0.25) is 0 Å². The lowest BCUT2D eigenvalue weighted by atomic mass is 9.93. The molecule has 0 spiro atoms. The third kappa shape index (κ3) is 2.76. The average Bonchev–Trinajstić information content (AvgIpc) is 2.46. The smallest absolute Gasteiger partial charge is 0.133 e. The largest absolute Gasteiger partial charge is 0.496 e. The van der Waals surface area contributed by atoms with Crippen LogP contribution in [-0.4, -0.2) is 7.11 Å². The number of benzene rings is 2. The lowest BCUT2D eigenvalue weighted by molar-refractivity contribution is 0.160. The Labute approximate surface area is 131 Å². The van der Waals surface area contributed by atoms with E-state index in [0.29, 0.717) is 12.2 Å². The minimum absolute atomic E-state index is 0.166. The van der Waals surface area contributed by atoms with E-state index in [9.17, 15) is 4.39 Å². The van der Waals surface area contributed by atoms with Gasteiger partial charge in [0.05, 0.1) is 11.6 Å². The van der Waals surface area contributed by atoms with Gasteiger partial charge in [0.1, 0.15) is 23.4 Å².